The van der Waals surface area contributed by atoms with Gasteiger partial charge < -0.3 is 9.84 Å². The van der Waals surface area contributed by atoms with E-state index in [1.165, 1.54) is 19.3 Å². The number of ether oxygens (including phenoxy) is 1. The van der Waals surface area contributed by atoms with Crippen molar-refractivity contribution in [2.45, 2.75) is 64.2 Å². The van der Waals surface area contributed by atoms with Gasteiger partial charge in [-0.15, -0.1) is 0 Å². The van der Waals surface area contributed by atoms with Crippen molar-refractivity contribution >= 4 is 11.6 Å². The second kappa shape index (κ2) is 6.92. The van der Waals surface area contributed by atoms with Gasteiger partial charge in [0.05, 0.1) is 23.0 Å². The van der Waals surface area contributed by atoms with Gasteiger partial charge in [-0.3, -0.25) is 4.68 Å². The highest BCUT2D eigenvalue weighted by molar-refractivity contribution is 6.31. The van der Waals surface area contributed by atoms with E-state index in [2.05, 4.69) is 5.10 Å². The van der Waals surface area contributed by atoms with Gasteiger partial charge in [0.1, 0.15) is 6.10 Å². The third-order valence-electron chi connectivity index (χ3n) is 4.25. The van der Waals surface area contributed by atoms with Crippen LogP contribution in [0.3, 0.4) is 0 Å². The molecule has 1 fully saturated rings. The minimum Gasteiger partial charge on any atom is -0.384 e. The van der Waals surface area contributed by atoms with Crippen LogP contribution in [0.25, 0.3) is 0 Å². The lowest BCUT2D eigenvalue weighted by Crippen LogP contribution is -2.33. The van der Waals surface area contributed by atoms with Crippen LogP contribution in [0.1, 0.15) is 63.8 Å². The summed E-state index contributed by atoms with van der Waals surface area (Å²) in [6, 6.07) is 0.163. The molecule has 1 heterocycles. The monoisotopic (exact) mass is 300 g/mol. The van der Waals surface area contributed by atoms with E-state index < -0.39 is 6.10 Å². The molecule has 1 aliphatic carbocycles. The zero-order chi connectivity index (χ0) is 14.7. The van der Waals surface area contributed by atoms with Crippen LogP contribution in [0.4, 0.5) is 0 Å². The molecule has 1 N–H and O–H groups in total. The maximum absolute atomic E-state index is 10.8. The predicted octanol–water partition coefficient (Wildman–Crippen LogP) is 3.75. The molecule has 0 aliphatic heterocycles. The molecule has 0 saturated heterocycles. The molecule has 4 nitrogen and oxygen atoms in total. The van der Waals surface area contributed by atoms with E-state index >= 15 is 0 Å². The lowest BCUT2D eigenvalue weighted by Gasteiger charge is -2.33. The quantitative estimate of drug-likeness (QED) is 0.901. The first-order valence-corrected chi connectivity index (χ1v) is 7.87. The lowest BCUT2D eigenvalue weighted by molar-refractivity contribution is -0.0594. The summed E-state index contributed by atoms with van der Waals surface area (Å²) < 4.78 is 7.41. The number of aromatic nitrogens is 2. The highest BCUT2D eigenvalue weighted by Gasteiger charge is 2.34. The summed E-state index contributed by atoms with van der Waals surface area (Å²) in [5.74, 6) is 0.398. The summed E-state index contributed by atoms with van der Waals surface area (Å²) in [6.07, 6.45) is 6.62. The van der Waals surface area contributed by atoms with E-state index in [1.807, 2.05) is 13.8 Å². The van der Waals surface area contributed by atoms with E-state index in [0.29, 0.717) is 16.6 Å². The Kier molecular flexibility index (Phi) is 5.47. The zero-order valence-corrected chi connectivity index (χ0v) is 13.3. The molecule has 5 heteroatoms. The third-order valence-corrected chi connectivity index (χ3v) is 4.55. The first-order valence-electron chi connectivity index (χ1n) is 7.50. The van der Waals surface area contributed by atoms with E-state index in [0.717, 1.165) is 12.8 Å². The van der Waals surface area contributed by atoms with Crippen molar-refractivity contribution in [1.29, 1.82) is 0 Å². The first kappa shape index (κ1) is 15.8. The van der Waals surface area contributed by atoms with Crippen LogP contribution in [-0.2, 0) is 4.74 Å². The van der Waals surface area contributed by atoms with E-state index in [4.69, 9.17) is 16.3 Å². The molecule has 0 spiro atoms. The molecule has 0 aromatic carbocycles. The Bertz CT molecular complexity index is 428. The number of hydrogen-bond acceptors (Lipinski definition) is 3. The standard InChI is InChI=1S/C15H25ClN2O2/c1-10(2)18-13(12(16)9-17-18)14(19)15(20-3)11-7-5-4-6-8-11/h9-11,14-15,19H,4-8H2,1-3H3. The molecule has 0 radical (unpaired) electrons. The van der Waals surface area contributed by atoms with E-state index in [9.17, 15) is 5.11 Å². The van der Waals surface area contributed by atoms with Crippen LogP contribution in [0.5, 0.6) is 0 Å². The SMILES string of the molecule is COC(C1CCCCC1)C(O)c1c(Cl)cnn1C(C)C. The van der Waals surface area contributed by atoms with Crippen molar-refractivity contribution in [3.05, 3.63) is 16.9 Å². The number of hydrogen-bond donors (Lipinski definition) is 1. The number of aliphatic hydroxyl groups is 1. The van der Waals surface area contributed by atoms with Gasteiger partial charge in [0.2, 0.25) is 0 Å². The fraction of sp³-hybridized carbons (Fsp3) is 0.800. The van der Waals surface area contributed by atoms with Gasteiger partial charge in [0.15, 0.2) is 0 Å². The number of methoxy groups -OCH3 is 1. The van der Waals surface area contributed by atoms with Crippen LogP contribution in [-0.4, -0.2) is 28.1 Å². The summed E-state index contributed by atoms with van der Waals surface area (Å²) in [6.45, 7) is 4.06. The molecule has 0 amide bonds. The summed E-state index contributed by atoms with van der Waals surface area (Å²) in [7, 11) is 1.67. The smallest absolute Gasteiger partial charge is 0.123 e. The van der Waals surface area contributed by atoms with Crippen molar-refractivity contribution in [3.8, 4) is 0 Å². The topological polar surface area (TPSA) is 47.3 Å². The van der Waals surface area contributed by atoms with Crippen molar-refractivity contribution in [3.63, 3.8) is 0 Å². The fourth-order valence-electron chi connectivity index (χ4n) is 3.24. The molecule has 1 saturated carbocycles. The Morgan fingerprint density at radius 2 is 2.00 bits per heavy atom. The first-order chi connectivity index (χ1) is 9.56. The molecular formula is C15H25ClN2O2. The minimum absolute atomic E-state index is 0.163. The number of rotatable bonds is 5. The van der Waals surface area contributed by atoms with Crippen molar-refractivity contribution in [2.24, 2.45) is 5.92 Å². The Labute approximate surface area is 126 Å². The molecule has 2 rings (SSSR count). The molecule has 2 unspecified atom stereocenters. The highest BCUT2D eigenvalue weighted by Crippen LogP contribution is 2.36. The zero-order valence-electron chi connectivity index (χ0n) is 12.6. The molecule has 1 aliphatic rings. The Hall–Kier alpha value is -0.580. The normalized spacial score (nSPS) is 20.3. The van der Waals surface area contributed by atoms with E-state index in [1.54, 1.807) is 18.0 Å². The average molecular weight is 301 g/mol. The molecule has 1 aromatic rings. The Morgan fingerprint density at radius 3 is 2.55 bits per heavy atom. The van der Waals surface area contributed by atoms with Gasteiger partial charge in [-0.05, 0) is 32.6 Å². The van der Waals surface area contributed by atoms with Crippen LogP contribution in [0.2, 0.25) is 5.02 Å². The third kappa shape index (κ3) is 3.18. The summed E-state index contributed by atoms with van der Waals surface area (Å²) in [4.78, 5) is 0. The molecule has 0 bridgehead atoms. The highest BCUT2D eigenvalue weighted by atomic mass is 35.5. The van der Waals surface area contributed by atoms with Gasteiger partial charge in [-0.2, -0.15) is 5.10 Å². The molecule has 20 heavy (non-hydrogen) atoms. The maximum Gasteiger partial charge on any atom is 0.123 e. The van der Waals surface area contributed by atoms with E-state index in [-0.39, 0.29) is 12.1 Å². The van der Waals surface area contributed by atoms with Crippen LogP contribution < -0.4 is 0 Å². The Balaban J connectivity index is 2.23. The molecular weight excluding hydrogens is 276 g/mol. The van der Waals surface area contributed by atoms with Gasteiger partial charge in [-0.25, -0.2) is 0 Å². The van der Waals surface area contributed by atoms with Crippen LogP contribution in [0.15, 0.2) is 6.20 Å². The second-order valence-corrected chi connectivity index (χ2v) is 6.37. The second-order valence-electron chi connectivity index (χ2n) is 5.96. The minimum atomic E-state index is -0.722. The van der Waals surface area contributed by atoms with Gasteiger partial charge in [0.25, 0.3) is 0 Å². The molecule has 114 valence electrons. The Morgan fingerprint density at radius 1 is 1.35 bits per heavy atom. The number of nitrogens with zero attached hydrogens (tertiary/aromatic N) is 2. The summed E-state index contributed by atoms with van der Waals surface area (Å²) >= 11 is 6.22. The van der Waals surface area contributed by atoms with Crippen LogP contribution in [0, 0.1) is 5.92 Å². The van der Waals surface area contributed by atoms with Gasteiger partial charge >= 0.3 is 0 Å². The fourth-order valence-corrected chi connectivity index (χ4v) is 3.48. The van der Waals surface area contributed by atoms with Crippen LogP contribution >= 0.6 is 11.6 Å². The van der Waals surface area contributed by atoms with Crippen molar-refractivity contribution in [1.82, 2.24) is 9.78 Å². The van der Waals surface area contributed by atoms with Gasteiger partial charge in [0, 0.05) is 13.2 Å². The lowest BCUT2D eigenvalue weighted by atomic mass is 9.82. The summed E-state index contributed by atoms with van der Waals surface area (Å²) in [5.41, 5.74) is 0.680. The van der Waals surface area contributed by atoms with Crippen molar-refractivity contribution < 1.29 is 9.84 Å². The largest absolute Gasteiger partial charge is 0.384 e. The van der Waals surface area contributed by atoms with Crippen molar-refractivity contribution in [2.75, 3.05) is 7.11 Å². The molecule has 2 atom stereocenters. The average Bonchev–Trinajstić information content (AvgIpc) is 2.82. The number of aliphatic hydroxyl groups excluding tert-OH is 1. The van der Waals surface area contributed by atoms with Gasteiger partial charge in [-0.1, -0.05) is 30.9 Å². The maximum atomic E-state index is 10.8. The molecule has 1 aromatic heterocycles. The summed E-state index contributed by atoms with van der Waals surface area (Å²) in [5, 5.41) is 15.5. The number of halogens is 1. The predicted molar refractivity (Wildman–Crippen MR) is 80.0 cm³/mol.